The Labute approximate surface area is 56.6 Å². The zero-order valence-corrected chi connectivity index (χ0v) is 6.39. The van der Waals surface area contributed by atoms with Gasteiger partial charge in [0.15, 0.2) is 0 Å². The summed E-state index contributed by atoms with van der Waals surface area (Å²) in [6.07, 6.45) is 2.43. The summed E-state index contributed by atoms with van der Waals surface area (Å²) in [5, 5.41) is 0. The van der Waals surface area contributed by atoms with Crippen LogP contribution >= 0.6 is 0 Å². The summed E-state index contributed by atoms with van der Waals surface area (Å²) in [6.45, 7) is 2.23. The predicted octanol–water partition coefficient (Wildman–Crippen LogP) is 1.13. The molecule has 1 fully saturated rings. The quantitative estimate of drug-likeness (QED) is 0.475. The minimum absolute atomic E-state index is 0.698. The zero-order chi connectivity index (χ0) is 6.85. The summed E-state index contributed by atoms with van der Waals surface area (Å²) in [7, 11) is 3.98. The minimum atomic E-state index is 0.698. The van der Waals surface area contributed by atoms with E-state index in [2.05, 4.69) is 23.9 Å². The third kappa shape index (κ3) is 1.07. The van der Waals surface area contributed by atoms with Gasteiger partial charge in [-0.05, 0) is 13.3 Å². The van der Waals surface area contributed by atoms with Gasteiger partial charge in [0.25, 0.3) is 0 Å². The molecule has 52 valence electrons. The first-order valence-corrected chi connectivity index (χ1v) is 3.44. The smallest absolute Gasteiger partial charge is 0.0986 e. The van der Waals surface area contributed by atoms with Gasteiger partial charge in [-0.25, -0.2) is 0 Å². The first-order chi connectivity index (χ1) is 4.25. The van der Waals surface area contributed by atoms with E-state index in [-0.39, 0.29) is 0 Å². The second kappa shape index (κ2) is 2.38. The van der Waals surface area contributed by atoms with E-state index in [0.29, 0.717) is 6.04 Å². The highest BCUT2D eigenvalue weighted by Gasteiger charge is 2.20. The van der Waals surface area contributed by atoms with Gasteiger partial charge in [-0.15, -0.1) is 0 Å². The lowest BCUT2D eigenvalue weighted by Crippen LogP contribution is -2.25. The van der Waals surface area contributed by atoms with Crippen molar-refractivity contribution in [3.05, 3.63) is 0 Å². The van der Waals surface area contributed by atoms with Crippen molar-refractivity contribution in [2.24, 2.45) is 4.99 Å². The number of nitrogens with zero attached hydrogens (tertiary/aromatic N) is 2. The van der Waals surface area contributed by atoms with Crippen LogP contribution in [0.25, 0.3) is 0 Å². The van der Waals surface area contributed by atoms with E-state index in [9.17, 15) is 0 Å². The molecular formula is C7H14N2. The van der Waals surface area contributed by atoms with Crippen LogP contribution in [0.1, 0.15) is 19.8 Å². The Hall–Kier alpha value is -0.530. The summed E-state index contributed by atoms with van der Waals surface area (Å²) in [5.74, 6) is 1.25. The lowest BCUT2D eigenvalue weighted by molar-refractivity contribution is 0.423. The third-order valence-corrected chi connectivity index (χ3v) is 2.11. The number of hydrogen-bond acceptors (Lipinski definition) is 1. The Morgan fingerprint density at radius 3 is 2.56 bits per heavy atom. The van der Waals surface area contributed by atoms with Gasteiger partial charge in [0, 0.05) is 26.6 Å². The normalized spacial score (nSPS) is 32.1. The van der Waals surface area contributed by atoms with Crippen LogP contribution in [0.3, 0.4) is 0 Å². The molecule has 1 unspecified atom stereocenters. The van der Waals surface area contributed by atoms with Crippen LogP contribution in [-0.4, -0.2) is 30.9 Å². The van der Waals surface area contributed by atoms with E-state index in [4.69, 9.17) is 0 Å². The van der Waals surface area contributed by atoms with Crippen molar-refractivity contribution in [1.29, 1.82) is 0 Å². The minimum Gasteiger partial charge on any atom is -0.361 e. The molecule has 2 nitrogen and oxygen atoms in total. The highest BCUT2D eigenvalue weighted by Crippen LogP contribution is 2.15. The van der Waals surface area contributed by atoms with Crippen molar-refractivity contribution in [1.82, 2.24) is 4.90 Å². The van der Waals surface area contributed by atoms with Crippen molar-refractivity contribution in [3.63, 3.8) is 0 Å². The monoisotopic (exact) mass is 126 g/mol. The molecule has 1 aliphatic heterocycles. The number of hydrogen-bond donors (Lipinski definition) is 0. The van der Waals surface area contributed by atoms with Crippen molar-refractivity contribution in [2.75, 3.05) is 14.1 Å². The average molecular weight is 126 g/mol. The highest BCUT2D eigenvalue weighted by atomic mass is 15.2. The molecule has 0 aromatic heterocycles. The predicted molar refractivity (Wildman–Crippen MR) is 39.8 cm³/mol. The Morgan fingerprint density at radius 2 is 2.33 bits per heavy atom. The number of aliphatic imine (C=N–C) groups is 1. The fraction of sp³-hybridized carbons (Fsp3) is 0.857. The molecule has 9 heavy (non-hydrogen) atoms. The summed E-state index contributed by atoms with van der Waals surface area (Å²) < 4.78 is 0. The highest BCUT2D eigenvalue weighted by molar-refractivity contribution is 5.84. The fourth-order valence-corrected chi connectivity index (χ4v) is 1.23. The van der Waals surface area contributed by atoms with Crippen molar-refractivity contribution in [2.45, 2.75) is 25.8 Å². The first-order valence-electron chi connectivity index (χ1n) is 3.44. The van der Waals surface area contributed by atoms with Gasteiger partial charge in [-0.1, -0.05) is 0 Å². The number of likely N-dealkylation sites (tertiary alicyclic amines) is 1. The first kappa shape index (κ1) is 6.59. The molecule has 1 atom stereocenters. The molecule has 0 aliphatic carbocycles. The molecule has 1 rings (SSSR count). The van der Waals surface area contributed by atoms with Crippen LogP contribution in [0.5, 0.6) is 0 Å². The maximum atomic E-state index is 4.16. The average Bonchev–Trinajstić information content (AvgIpc) is 2.15. The maximum absolute atomic E-state index is 4.16. The van der Waals surface area contributed by atoms with E-state index in [1.807, 2.05) is 7.05 Å². The Balaban J connectivity index is 2.62. The molecule has 0 aromatic carbocycles. The van der Waals surface area contributed by atoms with E-state index in [0.717, 1.165) is 6.42 Å². The standard InChI is InChI=1S/C7H14N2/c1-6-4-5-7(8-2)9(6)3/h6H,4-5H2,1-3H3. The van der Waals surface area contributed by atoms with Crippen LogP contribution in [0.2, 0.25) is 0 Å². The van der Waals surface area contributed by atoms with Gasteiger partial charge in [0.2, 0.25) is 0 Å². The molecule has 1 saturated heterocycles. The lowest BCUT2D eigenvalue weighted by atomic mass is 10.2. The lowest BCUT2D eigenvalue weighted by Gasteiger charge is -2.16. The third-order valence-electron chi connectivity index (χ3n) is 2.11. The van der Waals surface area contributed by atoms with Crippen molar-refractivity contribution < 1.29 is 0 Å². The Kier molecular flexibility index (Phi) is 1.74. The van der Waals surface area contributed by atoms with E-state index in [1.54, 1.807) is 0 Å². The van der Waals surface area contributed by atoms with E-state index < -0.39 is 0 Å². The molecule has 0 bridgehead atoms. The molecular weight excluding hydrogens is 112 g/mol. The maximum Gasteiger partial charge on any atom is 0.0986 e. The second-order valence-electron chi connectivity index (χ2n) is 2.64. The SMILES string of the molecule is CN=C1CCC(C)N1C. The topological polar surface area (TPSA) is 15.6 Å². The summed E-state index contributed by atoms with van der Waals surface area (Å²) in [5.41, 5.74) is 0. The van der Waals surface area contributed by atoms with Gasteiger partial charge in [0.05, 0.1) is 5.84 Å². The van der Waals surface area contributed by atoms with Gasteiger partial charge < -0.3 is 4.90 Å². The summed E-state index contributed by atoms with van der Waals surface area (Å²) in [6, 6.07) is 0.698. The largest absolute Gasteiger partial charge is 0.361 e. The van der Waals surface area contributed by atoms with Crippen molar-refractivity contribution in [3.8, 4) is 0 Å². The molecule has 1 aliphatic rings. The summed E-state index contributed by atoms with van der Waals surface area (Å²) in [4.78, 5) is 6.41. The van der Waals surface area contributed by atoms with Gasteiger partial charge in [-0.3, -0.25) is 4.99 Å². The zero-order valence-electron chi connectivity index (χ0n) is 6.39. The van der Waals surface area contributed by atoms with Gasteiger partial charge in [0.1, 0.15) is 0 Å². The molecule has 0 aromatic rings. The molecule has 0 amide bonds. The molecule has 1 heterocycles. The molecule has 0 spiro atoms. The van der Waals surface area contributed by atoms with Crippen LogP contribution in [0.15, 0.2) is 4.99 Å². The van der Waals surface area contributed by atoms with Gasteiger partial charge in [-0.2, -0.15) is 0 Å². The van der Waals surface area contributed by atoms with Gasteiger partial charge >= 0.3 is 0 Å². The van der Waals surface area contributed by atoms with Crippen LogP contribution in [-0.2, 0) is 0 Å². The van der Waals surface area contributed by atoms with Crippen LogP contribution < -0.4 is 0 Å². The van der Waals surface area contributed by atoms with E-state index >= 15 is 0 Å². The van der Waals surface area contributed by atoms with E-state index in [1.165, 1.54) is 12.3 Å². The second-order valence-corrected chi connectivity index (χ2v) is 2.64. The molecule has 0 saturated carbocycles. The van der Waals surface area contributed by atoms with Crippen LogP contribution in [0, 0.1) is 0 Å². The molecule has 0 N–H and O–H groups in total. The molecule has 0 radical (unpaired) electrons. The van der Waals surface area contributed by atoms with Crippen molar-refractivity contribution >= 4 is 5.84 Å². The number of amidine groups is 1. The summed E-state index contributed by atoms with van der Waals surface area (Å²) >= 11 is 0. The molecule has 2 heteroatoms. The Morgan fingerprint density at radius 1 is 1.67 bits per heavy atom. The van der Waals surface area contributed by atoms with Crippen LogP contribution in [0.4, 0.5) is 0 Å². The number of rotatable bonds is 0. The fourth-order valence-electron chi connectivity index (χ4n) is 1.23. The Bertz CT molecular complexity index is 129.